The first-order valence-corrected chi connectivity index (χ1v) is 9.10. The van der Waals surface area contributed by atoms with Gasteiger partial charge in [-0.2, -0.15) is 22.7 Å². The van der Waals surface area contributed by atoms with E-state index in [1.807, 2.05) is 13.8 Å². The fourth-order valence-corrected chi connectivity index (χ4v) is 3.35. The molecule has 1 aliphatic carbocycles. The number of alkyl halides is 3. The minimum absolute atomic E-state index is 0.459. The molecule has 0 atom stereocenters. The molecule has 148 valence electrons. The lowest BCUT2D eigenvalue weighted by molar-refractivity contribution is -0.140. The van der Waals surface area contributed by atoms with Crippen LogP contribution in [0.5, 0.6) is 0 Å². The molecule has 28 heavy (non-hydrogen) atoms. The number of nitrogens with zero attached hydrogens (tertiary/aromatic N) is 4. The molecule has 0 unspecified atom stereocenters. The molecule has 0 radical (unpaired) electrons. The number of benzene rings is 1. The first-order valence-electron chi connectivity index (χ1n) is 9.10. The van der Waals surface area contributed by atoms with Crippen molar-refractivity contribution in [3.05, 3.63) is 52.7 Å². The molecule has 4 rings (SSSR count). The van der Waals surface area contributed by atoms with E-state index in [1.54, 1.807) is 10.6 Å². The van der Waals surface area contributed by atoms with Gasteiger partial charge >= 0.3 is 6.18 Å². The number of hydrogen-bond donors (Lipinski definition) is 1. The van der Waals surface area contributed by atoms with Gasteiger partial charge < -0.3 is 5.32 Å². The molecule has 1 aliphatic rings. The highest BCUT2D eigenvalue weighted by Crippen LogP contribution is 2.49. The van der Waals surface area contributed by atoms with Crippen molar-refractivity contribution in [1.29, 1.82) is 0 Å². The molecule has 0 aliphatic heterocycles. The molecule has 0 saturated heterocycles. The van der Waals surface area contributed by atoms with Crippen LogP contribution < -0.4 is 5.32 Å². The third-order valence-corrected chi connectivity index (χ3v) is 4.90. The summed E-state index contributed by atoms with van der Waals surface area (Å²) >= 11 is 0. The number of nitrogens with one attached hydrogen (secondary N) is 1. The quantitative estimate of drug-likeness (QED) is 0.642. The summed E-state index contributed by atoms with van der Waals surface area (Å²) in [5, 5.41) is 7.81. The van der Waals surface area contributed by atoms with Crippen molar-refractivity contribution in [2.75, 3.05) is 5.32 Å². The summed E-state index contributed by atoms with van der Waals surface area (Å²) < 4.78 is 54.2. The van der Waals surface area contributed by atoms with Gasteiger partial charge in [-0.3, -0.25) is 0 Å². The number of hydrogen-bond acceptors (Lipinski definition) is 4. The van der Waals surface area contributed by atoms with Crippen LogP contribution in [0.2, 0.25) is 0 Å². The van der Waals surface area contributed by atoms with Crippen LogP contribution >= 0.6 is 0 Å². The summed E-state index contributed by atoms with van der Waals surface area (Å²) in [4.78, 5) is 8.80. The van der Waals surface area contributed by atoms with E-state index in [4.69, 9.17) is 0 Å². The predicted molar refractivity (Wildman–Crippen MR) is 95.5 cm³/mol. The van der Waals surface area contributed by atoms with E-state index in [0.717, 1.165) is 30.7 Å². The van der Waals surface area contributed by atoms with Gasteiger partial charge in [0.15, 0.2) is 5.82 Å². The van der Waals surface area contributed by atoms with Crippen molar-refractivity contribution in [2.45, 2.75) is 51.2 Å². The second-order valence-electron chi connectivity index (χ2n) is 7.17. The Bertz CT molecular complexity index is 1040. The summed E-state index contributed by atoms with van der Waals surface area (Å²) in [6.45, 7) is 3.86. The standard InChI is InChI=1S/C19H19F4N5/c1-3-4-15-25-17-24-11(2)9-16(28(17)27-15)26-18(7-8-18)12-5-6-13(14(20)10-12)19(21,22)23/h5-6,9-10,26H,3-4,7-8H2,1-2H3. The Balaban J connectivity index is 1.70. The van der Waals surface area contributed by atoms with Crippen LogP contribution in [0.15, 0.2) is 24.3 Å². The van der Waals surface area contributed by atoms with Gasteiger partial charge in [0.25, 0.3) is 5.78 Å². The average molecular weight is 393 g/mol. The molecular formula is C19H19F4N5. The zero-order valence-electron chi connectivity index (χ0n) is 15.4. The van der Waals surface area contributed by atoms with Gasteiger partial charge in [0, 0.05) is 18.2 Å². The molecule has 3 aromatic rings. The van der Waals surface area contributed by atoms with E-state index < -0.39 is 23.1 Å². The van der Waals surface area contributed by atoms with E-state index in [1.165, 1.54) is 6.07 Å². The molecule has 1 fully saturated rings. The fourth-order valence-electron chi connectivity index (χ4n) is 3.35. The number of aromatic nitrogens is 4. The van der Waals surface area contributed by atoms with Crippen molar-refractivity contribution >= 4 is 11.6 Å². The zero-order valence-corrected chi connectivity index (χ0v) is 15.4. The van der Waals surface area contributed by atoms with Crippen LogP contribution in [0.4, 0.5) is 23.4 Å². The third-order valence-electron chi connectivity index (χ3n) is 4.90. The van der Waals surface area contributed by atoms with Crippen LogP contribution in [0.3, 0.4) is 0 Å². The first kappa shape index (κ1) is 18.6. The summed E-state index contributed by atoms with van der Waals surface area (Å²) in [5.74, 6) is 0.504. The molecule has 2 heterocycles. The van der Waals surface area contributed by atoms with Crippen LogP contribution in [-0.4, -0.2) is 19.6 Å². The third kappa shape index (κ3) is 3.29. The number of halogens is 4. The first-order chi connectivity index (χ1) is 13.2. The maximum atomic E-state index is 14.1. The van der Waals surface area contributed by atoms with Crippen LogP contribution in [0.25, 0.3) is 5.78 Å². The Morgan fingerprint density at radius 1 is 1.18 bits per heavy atom. The van der Waals surface area contributed by atoms with Gasteiger partial charge in [0.1, 0.15) is 11.6 Å². The normalized spacial score (nSPS) is 15.8. The van der Waals surface area contributed by atoms with Gasteiger partial charge in [-0.1, -0.05) is 13.0 Å². The monoisotopic (exact) mass is 393 g/mol. The average Bonchev–Trinajstić information content (AvgIpc) is 3.26. The van der Waals surface area contributed by atoms with E-state index in [2.05, 4.69) is 20.4 Å². The number of fused-ring (bicyclic) bond motifs is 1. The SMILES string of the molecule is CCCc1nc2nc(C)cc(NC3(c4ccc(C(F)(F)F)c(F)c4)CC3)n2n1. The molecule has 2 aromatic heterocycles. The molecular weight excluding hydrogens is 374 g/mol. The van der Waals surface area contributed by atoms with Crippen LogP contribution in [-0.2, 0) is 18.1 Å². The zero-order chi connectivity index (χ0) is 20.1. The lowest BCUT2D eigenvalue weighted by Gasteiger charge is -2.21. The van der Waals surface area contributed by atoms with Crippen molar-refractivity contribution in [2.24, 2.45) is 0 Å². The van der Waals surface area contributed by atoms with Crippen molar-refractivity contribution in [1.82, 2.24) is 19.6 Å². The van der Waals surface area contributed by atoms with Gasteiger partial charge in [0.2, 0.25) is 0 Å². The number of anilines is 1. The lowest BCUT2D eigenvalue weighted by Crippen LogP contribution is -2.22. The van der Waals surface area contributed by atoms with Crippen molar-refractivity contribution in [3.63, 3.8) is 0 Å². The molecule has 1 aromatic carbocycles. The molecule has 0 bridgehead atoms. The summed E-state index contributed by atoms with van der Waals surface area (Å²) in [6, 6.07) is 4.91. The van der Waals surface area contributed by atoms with Crippen LogP contribution in [0, 0.1) is 12.7 Å². The molecule has 1 N–H and O–H groups in total. The van der Waals surface area contributed by atoms with E-state index in [0.29, 0.717) is 35.8 Å². The highest BCUT2D eigenvalue weighted by Gasteiger charge is 2.46. The Kier molecular flexibility index (Phi) is 4.28. The summed E-state index contributed by atoms with van der Waals surface area (Å²) in [7, 11) is 0. The second-order valence-corrected chi connectivity index (χ2v) is 7.17. The van der Waals surface area contributed by atoms with Gasteiger partial charge in [-0.15, -0.1) is 5.10 Å². The Morgan fingerprint density at radius 3 is 2.54 bits per heavy atom. The van der Waals surface area contributed by atoms with E-state index in [-0.39, 0.29) is 0 Å². The Hall–Kier alpha value is -2.71. The molecule has 0 spiro atoms. The smallest absolute Gasteiger partial charge is 0.360 e. The van der Waals surface area contributed by atoms with Gasteiger partial charge in [-0.25, -0.2) is 9.37 Å². The minimum Gasteiger partial charge on any atom is -0.360 e. The number of aryl methyl sites for hydroxylation is 2. The van der Waals surface area contributed by atoms with Crippen molar-refractivity contribution < 1.29 is 17.6 Å². The molecule has 5 nitrogen and oxygen atoms in total. The summed E-state index contributed by atoms with van der Waals surface area (Å²) in [6.07, 6.45) is -1.74. The maximum Gasteiger partial charge on any atom is 0.419 e. The van der Waals surface area contributed by atoms with Gasteiger partial charge in [-0.05, 0) is 43.9 Å². The predicted octanol–water partition coefficient (Wildman–Crippen LogP) is 4.64. The molecule has 0 amide bonds. The highest BCUT2D eigenvalue weighted by atomic mass is 19.4. The second kappa shape index (κ2) is 6.42. The fraction of sp³-hybridized carbons (Fsp3) is 0.421. The maximum absolute atomic E-state index is 14.1. The van der Waals surface area contributed by atoms with E-state index >= 15 is 0 Å². The minimum atomic E-state index is -4.71. The largest absolute Gasteiger partial charge is 0.419 e. The topological polar surface area (TPSA) is 55.1 Å². The molecule has 1 saturated carbocycles. The van der Waals surface area contributed by atoms with Gasteiger partial charge in [0.05, 0.1) is 11.1 Å². The summed E-state index contributed by atoms with van der Waals surface area (Å²) in [5.41, 5.74) is -0.660. The van der Waals surface area contributed by atoms with E-state index in [9.17, 15) is 17.6 Å². The molecule has 9 heteroatoms. The Labute approximate surface area is 158 Å². The highest BCUT2D eigenvalue weighted by molar-refractivity contribution is 5.51. The number of rotatable bonds is 5. The Morgan fingerprint density at radius 2 is 1.93 bits per heavy atom. The van der Waals surface area contributed by atoms with Crippen LogP contribution in [0.1, 0.15) is 48.8 Å². The lowest BCUT2D eigenvalue weighted by atomic mass is 10.0. The van der Waals surface area contributed by atoms with Crippen molar-refractivity contribution in [3.8, 4) is 0 Å².